The summed E-state index contributed by atoms with van der Waals surface area (Å²) < 4.78 is 15.1. The van der Waals surface area contributed by atoms with Crippen molar-refractivity contribution in [2.24, 2.45) is 11.8 Å². The maximum Gasteiger partial charge on any atom is 0.226 e. The van der Waals surface area contributed by atoms with Crippen molar-refractivity contribution in [3.05, 3.63) is 101 Å². The van der Waals surface area contributed by atoms with E-state index in [-0.39, 0.29) is 29.1 Å². The van der Waals surface area contributed by atoms with E-state index in [9.17, 15) is 4.79 Å². The molecule has 36 heavy (non-hydrogen) atoms. The van der Waals surface area contributed by atoms with Crippen molar-refractivity contribution in [1.82, 2.24) is 15.0 Å². The Balaban J connectivity index is 1.70. The molecule has 5 nitrogen and oxygen atoms in total. The van der Waals surface area contributed by atoms with Gasteiger partial charge in [-0.05, 0) is 43.0 Å². The number of halogens is 1. The fraction of sp³-hybridized carbons (Fsp3) is 0.233. The molecule has 2 aromatic carbocycles. The van der Waals surface area contributed by atoms with Crippen LogP contribution < -0.4 is 0 Å². The van der Waals surface area contributed by atoms with Gasteiger partial charge in [0.25, 0.3) is 0 Å². The van der Waals surface area contributed by atoms with E-state index in [0.717, 1.165) is 34.1 Å². The maximum absolute atomic E-state index is 15.1. The number of para-hydroxylation sites is 1. The van der Waals surface area contributed by atoms with Gasteiger partial charge in [0.2, 0.25) is 5.70 Å². The third-order valence-electron chi connectivity index (χ3n) is 7.84. The van der Waals surface area contributed by atoms with Crippen molar-refractivity contribution in [2.45, 2.75) is 32.1 Å². The smallest absolute Gasteiger partial charge is 0.226 e. The molecule has 0 saturated heterocycles. The number of hydrogen-bond acceptors (Lipinski definition) is 4. The van der Waals surface area contributed by atoms with E-state index in [1.807, 2.05) is 37.3 Å². The molecule has 2 heterocycles. The van der Waals surface area contributed by atoms with Crippen molar-refractivity contribution in [1.29, 1.82) is 0 Å². The molecule has 0 fully saturated rings. The summed E-state index contributed by atoms with van der Waals surface area (Å²) in [6.45, 7) is 11.6. The molecule has 3 atom stereocenters. The van der Waals surface area contributed by atoms with E-state index in [0.29, 0.717) is 23.5 Å². The third-order valence-corrected chi connectivity index (χ3v) is 7.84. The Morgan fingerprint density at radius 3 is 2.64 bits per heavy atom. The van der Waals surface area contributed by atoms with Gasteiger partial charge in [-0.25, -0.2) is 19.2 Å². The van der Waals surface area contributed by atoms with Crippen molar-refractivity contribution >= 4 is 16.7 Å². The highest BCUT2D eigenvalue weighted by atomic mass is 19.1. The van der Waals surface area contributed by atoms with E-state index in [4.69, 9.17) is 16.5 Å². The SMILES string of the molecule is [C-]#[N+]C1=C[C@@]2(C)c3nc(-c4ccnc5ccccc45)nc(-c4ccccc4F)c3CC[C@H]2[C@H](C)C1=O. The standard InChI is InChI=1S/C30H23FN4O/c1-17-22-13-12-21-26(20-9-4-6-10-23(20)31)34-29(19-14-15-33-24-11-7-5-8-18(19)24)35-28(21)30(22,2)16-25(32-3)27(17)36/h4-11,14-17,22H,12-13H2,1-2H3/t17-,22-,30+/m0/s1. The number of nitrogens with zero attached hydrogens (tertiary/aromatic N) is 4. The lowest BCUT2D eigenvalue weighted by Crippen LogP contribution is -2.46. The number of pyridine rings is 1. The highest BCUT2D eigenvalue weighted by Crippen LogP contribution is 2.51. The van der Waals surface area contributed by atoms with Crippen molar-refractivity contribution in [2.75, 3.05) is 0 Å². The number of allylic oxidation sites excluding steroid dienone is 2. The zero-order valence-electron chi connectivity index (χ0n) is 20.0. The predicted molar refractivity (Wildman–Crippen MR) is 136 cm³/mol. The Hall–Kier alpha value is -4.24. The Morgan fingerprint density at radius 1 is 1.06 bits per heavy atom. The van der Waals surface area contributed by atoms with Crippen LogP contribution in [0.3, 0.4) is 0 Å². The molecule has 0 saturated carbocycles. The monoisotopic (exact) mass is 474 g/mol. The molecule has 176 valence electrons. The average Bonchev–Trinajstić information content (AvgIpc) is 2.90. The third kappa shape index (κ3) is 3.20. The zero-order valence-corrected chi connectivity index (χ0v) is 20.0. The molecule has 0 unspecified atom stereocenters. The minimum absolute atomic E-state index is 0.00611. The van der Waals surface area contributed by atoms with E-state index in [1.165, 1.54) is 6.07 Å². The molecule has 6 rings (SSSR count). The second-order valence-electron chi connectivity index (χ2n) is 9.80. The van der Waals surface area contributed by atoms with Crippen LogP contribution in [0.15, 0.2) is 72.6 Å². The summed E-state index contributed by atoms with van der Waals surface area (Å²) in [6, 6.07) is 16.3. The lowest BCUT2D eigenvalue weighted by Gasteiger charge is -2.46. The molecule has 0 aliphatic heterocycles. The first kappa shape index (κ1) is 22.2. The Labute approximate surface area is 208 Å². The van der Waals surface area contributed by atoms with E-state index in [2.05, 4.69) is 16.8 Å². The van der Waals surface area contributed by atoms with Gasteiger partial charge in [-0.2, -0.15) is 0 Å². The van der Waals surface area contributed by atoms with Gasteiger partial charge >= 0.3 is 0 Å². The average molecular weight is 475 g/mol. The summed E-state index contributed by atoms with van der Waals surface area (Å²) in [5, 5.41) is 0.904. The van der Waals surface area contributed by atoms with Crippen LogP contribution in [0.2, 0.25) is 0 Å². The molecular formula is C30H23FN4O. The van der Waals surface area contributed by atoms with Gasteiger partial charge in [0.15, 0.2) is 11.6 Å². The van der Waals surface area contributed by atoms with Crippen molar-refractivity contribution in [3.63, 3.8) is 0 Å². The normalized spacial score (nSPS) is 22.9. The van der Waals surface area contributed by atoms with Gasteiger partial charge in [0.1, 0.15) is 5.82 Å². The van der Waals surface area contributed by atoms with E-state index < -0.39 is 5.41 Å². The summed E-state index contributed by atoms with van der Waals surface area (Å²) in [5.41, 5.74) is 3.76. The van der Waals surface area contributed by atoms with Crippen LogP contribution in [0, 0.1) is 24.2 Å². The number of hydrogen-bond donors (Lipinski definition) is 0. The Morgan fingerprint density at radius 2 is 1.83 bits per heavy atom. The molecule has 2 aliphatic carbocycles. The quantitative estimate of drug-likeness (QED) is 0.318. The fourth-order valence-electron chi connectivity index (χ4n) is 6.03. The summed E-state index contributed by atoms with van der Waals surface area (Å²) in [7, 11) is 0. The van der Waals surface area contributed by atoms with Crippen LogP contribution in [0.1, 0.15) is 31.5 Å². The summed E-state index contributed by atoms with van der Waals surface area (Å²) in [5.74, 6) is -0.280. The number of Topliss-reactive ketones (excluding diaryl/α,β-unsaturated/α-hetero) is 1. The van der Waals surface area contributed by atoms with Gasteiger partial charge in [-0.1, -0.05) is 50.3 Å². The molecule has 2 aromatic heterocycles. The molecule has 2 aliphatic rings. The van der Waals surface area contributed by atoms with Gasteiger partial charge in [-0.3, -0.25) is 4.98 Å². The number of aromatic nitrogens is 3. The minimum atomic E-state index is -0.651. The van der Waals surface area contributed by atoms with Crippen LogP contribution >= 0.6 is 0 Å². The van der Waals surface area contributed by atoms with Crippen LogP contribution in [-0.4, -0.2) is 20.7 Å². The maximum atomic E-state index is 15.1. The van der Waals surface area contributed by atoms with Gasteiger partial charge < -0.3 is 4.79 Å². The van der Waals surface area contributed by atoms with E-state index >= 15 is 4.39 Å². The van der Waals surface area contributed by atoms with Crippen LogP contribution in [0.4, 0.5) is 4.39 Å². The summed E-state index contributed by atoms with van der Waals surface area (Å²) in [6.07, 6.45) is 4.89. The van der Waals surface area contributed by atoms with Gasteiger partial charge in [-0.15, -0.1) is 0 Å². The first-order valence-corrected chi connectivity index (χ1v) is 12.1. The number of benzene rings is 2. The number of ketones is 1. The number of fused-ring (bicyclic) bond motifs is 4. The lowest BCUT2D eigenvalue weighted by atomic mass is 9.58. The topological polar surface area (TPSA) is 60.1 Å². The highest BCUT2D eigenvalue weighted by Gasteiger charge is 2.49. The lowest BCUT2D eigenvalue weighted by molar-refractivity contribution is -0.121. The van der Waals surface area contributed by atoms with Crippen molar-refractivity contribution in [3.8, 4) is 22.6 Å². The molecule has 0 spiro atoms. The number of carbonyl (C=O) groups excluding carboxylic acids is 1. The number of carbonyl (C=O) groups is 1. The van der Waals surface area contributed by atoms with Crippen LogP contribution in [0.5, 0.6) is 0 Å². The first-order chi connectivity index (χ1) is 17.4. The van der Waals surface area contributed by atoms with E-state index in [1.54, 1.807) is 30.5 Å². The second kappa shape index (κ2) is 8.17. The van der Waals surface area contributed by atoms with Gasteiger partial charge in [0, 0.05) is 39.6 Å². The van der Waals surface area contributed by atoms with Crippen LogP contribution in [-0.2, 0) is 16.6 Å². The first-order valence-electron chi connectivity index (χ1n) is 12.1. The fourth-order valence-corrected chi connectivity index (χ4v) is 6.03. The molecule has 4 aromatic rings. The summed E-state index contributed by atoms with van der Waals surface area (Å²) in [4.78, 5) is 31.0. The van der Waals surface area contributed by atoms with Gasteiger partial charge in [0.05, 0.1) is 23.5 Å². The zero-order chi connectivity index (χ0) is 25.0. The Kier molecular flexibility index (Phi) is 5.04. The van der Waals surface area contributed by atoms with Crippen molar-refractivity contribution < 1.29 is 9.18 Å². The molecule has 0 radical (unpaired) electrons. The molecule has 0 N–H and O–H groups in total. The molecule has 0 bridgehead atoms. The highest BCUT2D eigenvalue weighted by molar-refractivity contribution is 6.00. The minimum Gasteiger partial charge on any atom is -0.308 e. The number of rotatable bonds is 2. The Bertz CT molecular complexity index is 1630. The summed E-state index contributed by atoms with van der Waals surface area (Å²) >= 11 is 0. The molecule has 6 heteroatoms. The molecular weight excluding hydrogens is 451 g/mol. The molecule has 0 amide bonds. The van der Waals surface area contributed by atoms with Crippen LogP contribution in [0.25, 0.3) is 38.4 Å². The largest absolute Gasteiger partial charge is 0.308 e. The second-order valence-corrected chi connectivity index (χ2v) is 9.80. The predicted octanol–water partition coefficient (Wildman–Crippen LogP) is 6.34.